The van der Waals surface area contributed by atoms with Crippen molar-refractivity contribution >= 4 is 5.97 Å². The first-order chi connectivity index (χ1) is 9.33. The van der Waals surface area contributed by atoms with E-state index in [1.807, 2.05) is 0 Å². The summed E-state index contributed by atoms with van der Waals surface area (Å²) in [5.74, 6) is -0.333. The van der Waals surface area contributed by atoms with E-state index in [-0.39, 0.29) is 12.3 Å². The third-order valence-corrected chi connectivity index (χ3v) is 3.14. The van der Waals surface area contributed by atoms with Crippen LogP contribution in [-0.4, -0.2) is 32.1 Å². The van der Waals surface area contributed by atoms with Crippen molar-refractivity contribution in [3.05, 3.63) is 12.7 Å². The van der Waals surface area contributed by atoms with Gasteiger partial charge >= 0.3 is 5.97 Å². The van der Waals surface area contributed by atoms with Gasteiger partial charge in [0.1, 0.15) is 0 Å². The van der Waals surface area contributed by atoms with Crippen LogP contribution in [0.3, 0.4) is 0 Å². The van der Waals surface area contributed by atoms with Gasteiger partial charge in [-0.2, -0.15) is 0 Å². The van der Waals surface area contributed by atoms with Crippen molar-refractivity contribution < 1.29 is 19.0 Å². The van der Waals surface area contributed by atoms with Crippen LogP contribution in [-0.2, 0) is 19.0 Å². The molecule has 0 spiro atoms. The Kier molecular flexibility index (Phi) is 9.37. The van der Waals surface area contributed by atoms with Crippen LogP contribution in [0.2, 0.25) is 0 Å². The Bertz CT molecular complexity index is 247. The summed E-state index contributed by atoms with van der Waals surface area (Å²) in [6, 6.07) is 0. The second kappa shape index (κ2) is 11.0. The molecule has 0 N–H and O–H groups in total. The number of rotatable bonds is 10. The van der Waals surface area contributed by atoms with Crippen LogP contribution in [0.1, 0.15) is 51.4 Å². The summed E-state index contributed by atoms with van der Waals surface area (Å²) in [6.45, 7) is 5.48. The second-order valence-corrected chi connectivity index (χ2v) is 4.81. The molecule has 1 aliphatic rings. The molecule has 110 valence electrons. The van der Waals surface area contributed by atoms with Crippen molar-refractivity contribution in [3.8, 4) is 0 Å². The van der Waals surface area contributed by atoms with Crippen LogP contribution in [0.25, 0.3) is 0 Å². The lowest BCUT2D eigenvalue weighted by Crippen LogP contribution is -2.22. The third-order valence-electron chi connectivity index (χ3n) is 3.14. The van der Waals surface area contributed by atoms with E-state index in [9.17, 15) is 4.79 Å². The molecule has 4 heteroatoms. The highest BCUT2D eigenvalue weighted by atomic mass is 16.7. The molecule has 0 aromatic rings. The number of carbonyl (C=O) groups is 1. The van der Waals surface area contributed by atoms with E-state index in [0.29, 0.717) is 6.61 Å². The van der Waals surface area contributed by atoms with Crippen molar-refractivity contribution in [2.24, 2.45) is 0 Å². The molecule has 1 fully saturated rings. The monoisotopic (exact) mass is 270 g/mol. The molecular formula is C15H26O4. The van der Waals surface area contributed by atoms with Gasteiger partial charge in [0.25, 0.3) is 0 Å². The van der Waals surface area contributed by atoms with Gasteiger partial charge in [0.05, 0.1) is 6.61 Å². The van der Waals surface area contributed by atoms with Crippen LogP contribution >= 0.6 is 0 Å². The third kappa shape index (κ3) is 8.78. The molecule has 0 aromatic heterocycles. The zero-order chi connectivity index (χ0) is 13.8. The van der Waals surface area contributed by atoms with Gasteiger partial charge in [0, 0.05) is 19.3 Å². The van der Waals surface area contributed by atoms with Gasteiger partial charge in [-0.25, -0.2) is 4.79 Å². The fourth-order valence-corrected chi connectivity index (χ4v) is 2.02. The molecule has 1 heterocycles. The first kappa shape index (κ1) is 16.2. The summed E-state index contributed by atoms with van der Waals surface area (Å²) in [5.41, 5.74) is 0. The Labute approximate surface area is 116 Å². The lowest BCUT2D eigenvalue weighted by molar-refractivity contribution is -0.162. The van der Waals surface area contributed by atoms with Crippen LogP contribution < -0.4 is 0 Å². The molecule has 1 unspecified atom stereocenters. The zero-order valence-corrected chi connectivity index (χ0v) is 11.8. The highest BCUT2D eigenvalue weighted by molar-refractivity contribution is 5.81. The minimum Gasteiger partial charge on any atom is -0.463 e. The summed E-state index contributed by atoms with van der Waals surface area (Å²) in [7, 11) is 0. The normalized spacial score (nSPS) is 19.1. The quantitative estimate of drug-likeness (QED) is 0.347. The molecule has 0 bridgehead atoms. The topological polar surface area (TPSA) is 44.8 Å². The van der Waals surface area contributed by atoms with Gasteiger partial charge in [-0.3, -0.25) is 0 Å². The van der Waals surface area contributed by atoms with E-state index in [0.717, 1.165) is 58.2 Å². The molecule has 4 nitrogen and oxygen atoms in total. The van der Waals surface area contributed by atoms with Crippen LogP contribution in [0.15, 0.2) is 12.7 Å². The molecule has 19 heavy (non-hydrogen) atoms. The fourth-order valence-electron chi connectivity index (χ4n) is 2.02. The van der Waals surface area contributed by atoms with Crippen molar-refractivity contribution in [3.63, 3.8) is 0 Å². The van der Waals surface area contributed by atoms with Gasteiger partial charge < -0.3 is 14.2 Å². The highest BCUT2D eigenvalue weighted by Crippen LogP contribution is 2.14. The summed E-state index contributed by atoms with van der Waals surface area (Å²) in [4.78, 5) is 10.8. The molecule has 0 aromatic carbocycles. The summed E-state index contributed by atoms with van der Waals surface area (Å²) in [6.07, 6.45) is 10.0. The molecule has 0 amide bonds. The van der Waals surface area contributed by atoms with Gasteiger partial charge in [-0.05, 0) is 32.1 Å². The van der Waals surface area contributed by atoms with E-state index < -0.39 is 0 Å². The Balaban J connectivity index is 1.78. The summed E-state index contributed by atoms with van der Waals surface area (Å²) >= 11 is 0. The molecule has 1 aliphatic heterocycles. The predicted molar refractivity (Wildman–Crippen MR) is 73.8 cm³/mol. The van der Waals surface area contributed by atoms with Crippen LogP contribution in [0, 0.1) is 0 Å². The lowest BCUT2D eigenvalue weighted by atomic mass is 10.1. The number of carbonyl (C=O) groups excluding carboxylic acids is 1. The summed E-state index contributed by atoms with van der Waals surface area (Å²) < 4.78 is 16.0. The minimum atomic E-state index is -0.333. The van der Waals surface area contributed by atoms with Gasteiger partial charge in [0.2, 0.25) is 0 Å². The van der Waals surface area contributed by atoms with E-state index in [1.54, 1.807) is 0 Å². The average molecular weight is 270 g/mol. The minimum absolute atomic E-state index is 0.0343. The molecule has 0 radical (unpaired) electrons. The zero-order valence-electron chi connectivity index (χ0n) is 11.8. The van der Waals surface area contributed by atoms with E-state index in [1.165, 1.54) is 12.5 Å². The van der Waals surface area contributed by atoms with Gasteiger partial charge in [-0.15, -0.1) is 0 Å². The smallest absolute Gasteiger partial charge is 0.330 e. The number of ether oxygens (including phenoxy) is 3. The second-order valence-electron chi connectivity index (χ2n) is 4.81. The van der Waals surface area contributed by atoms with E-state index in [2.05, 4.69) is 6.58 Å². The van der Waals surface area contributed by atoms with Crippen molar-refractivity contribution in [1.29, 1.82) is 0 Å². The Morgan fingerprint density at radius 3 is 2.58 bits per heavy atom. The molecule has 0 aliphatic carbocycles. The van der Waals surface area contributed by atoms with Crippen molar-refractivity contribution in [2.75, 3.05) is 19.8 Å². The van der Waals surface area contributed by atoms with Gasteiger partial charge in [0.15, 0.2) is 6.29 Å². The number of unbranched alkanes of at least 4 members (excludes halogenated alkanes) is 4. The maximum absolute atomic E-state index is 10.8. The highest BCUT2D eigenvalue weighted by Gasteiger charge is 2.13. The SMILES string of the molecule is C=CC(=O)OCCCCCCCOC1CCCCO1. The van der Waals surface area contributed by atoms with Crippen LogP contribution in [0.4, 0.5) is 0 Å². The molecule has 0 saturated carbocycles. The average Bonchev–Trinajstić information content (AvgIpc) is 2.46. The standard InChI is InChI=1S/C15H26O4/c1-2-14(16)17-11-7-4-3-5-8-12-18-15-10-6-9-13-19-15/h2,15H,1,3-13H2. The Hall–Kier alpha value is -0.870. The molecular weight excluding hydrogens is 244 g/mol. The lowest BCUT2D eigenvalue weighted by Gasteiger charge is -2.22. The maximum atomic E-state index is 10.8. The van der Waals surface area contributed by atoms with Gasteiger partial charge in [-0.1, -0.05) is 25.8 Å². The fraction of sp³-hybridized carbons (Fsp3) is 0.800. The maximum Gasteiger partial charge on any atom is 0.330 e. The van der Waals surface area contributed by atoms with Crippen LogP contribution in [0.5, 0.6) is 0 Å². The van der Waals surface area contributed by atoms with E-state index in [4.69, 9.17) is 14.2 Å². The first-order valence-electron chi connectivity index (χ1n) is 7.35. The van der Waals surface area contributed by atoms with Crippen molar-refractivity contribution in [2.45, 2.75) is 57.7 Å². The molecule has 1 atom stereocenters. The predicted octanol–water partition coefficient (Wildman–Crippen LogP) is 3.21. The van der Waals surface area contributed by atoms with Crippen molar-refractivity contribution in [1.82, 2.24) is 0 Å². The molecule has 1 rings (SSSR count). The Morgan fingerprint density at radius 1 is 1.16 bits per heavy atom. The first-order valence-corrected chi connectivity index (χ1v) is 7.35. The number of hydrogen-bond acceptors (Lipinski definition) is 4. The number of esters is 1. The Morgan fingerprint density at radius 2 is 1.89 bits per heavy atom. The molecule has 1 saturated heterocycles. The van der Waals surface area contributed by atoms with E-state index >= 15 is 0 Å². The number of hydrogen-bond donors (Lipinski definition) is 0. The largest absolute Gasteiger partial charge is 0.463 e. The summed E-state index contributed by atoms with van der Waals surface area (Å²) in [5, 5.41) is 0.